The van der Waals surface area contributed by atoms with Gasteiger partial charge in [-0.3, -0.25) is 0 Å². The van der Waals surface area contributed by atoms with Gasteiger partial charge in [0, 0.05) is 17.8 Å². The van der Waals surface area contributed by atoms with E-state index in [2.05, 4.69) is 0 Å². The molecule has 1 rings (SSSR count). The molecule has 13 heavy (non-hydrogen) atoms. The van der Waals surface area contributed by atoms with E-state index in [4.69, 9.17) is 10.1 Å². The van der Waals surface area contributed by atoms with Crippen LogP contribution in [0, 0.1) is 5.41 Å². The number of ether oxygens (including phenoxy) is 1. The maximum Gasteiger partial charge on any atom is 0.132 e. The smallest absolute Gasteiger partial charge is 0.132 e. The molecule has 0 aliphatic carbocycles. The number of benzene rings is 1. The predicted octanol–water partition coefficient (Wildman–Crippen LogP) is 1.49. The topological polar surface area (TPSA) is 73.5 Å². The van der Waals surface area contributed by atoms with Crippen molar-refractivity contribution in [2.45, 2.75) is 6.92 Å². The van der Waals surface area contributed by atoms with E-state index < -0.39 is 0 Å². The molecule has 3 N–H and O–H groups in total. The Kier molecular flexibility index (Phi) is 2.41. The Balaban J connectivity index is 3.31. The van der Waals surface area contributed by atoms with Crippen molar-refractivity contribution in [2.24, 2.45) is 0 Å². The minimum Gasteiger partial charge on any atom is -0.507 e. The van der Waals surface area contributed by atoms with Crippen molar-refractivity contribution >= 4 is 5.71 Å². The standard InChI is InChI=1S/C9H11NO3/c1-5(10)9-7(11)3-6(13-2)4-8(9)12/h3-4,10-12H,1-2H3. The Morgan fingerprint density at radius 1 is 1.31 bits per heavy atom. The highest BCUT2D eigenvalue weighted by molar-refractivity contribution is 6.01. The molecule has 1 aromatic rings. The van der Waals surface area contributed by atoms with Gasteiger partial charge in [0.25, 0.3) is 0 Å². The van der Waals surface area contributed by atoms with Crippen LogP contribution in [0.4, 0.5) is 0 Å². The van der Waals surface area contributed by atoms with Gasteiger partial charge in [-0.1, -0.05) is 0 Å². The number of phenolic OH excluding ortho intramolecular Hbond substituents is 2. The van der Waals surface area contributed by atoms with E-state index in [1.54, 1.807) is 0 Å². The first-order valence-corrected chi connectivity index (χ1v) is 3.71. The molecule has 0 aliphatic heterocycles. The highest BCUT2D eigenvalue weighted by atomic mass is 16.5. The molecule has 0 spiro atoms. The number of aromatic hydroxyl groups is 2. The summed E-state index contributed by atoms with van der Waals surface area (Å²) in [4.78, 5) is 0. The molecule has 0 saturated heterocycles. The zero-order valence-corrected chi connectivity index (χ0v) is 7.46. The summed E-state index contributed by atoms with van der Waals surface area (Å²) >= 11 is 0. The number of hydrogen-bond donors (Lipinski definition) is 3. The molecule has 0 unspecified atom stereocenters. The summed E-state index contributed by atoms with van der Waals surface area (Å²) in [6.07, 6.45) is 0. The number of nitrogens with one attached hydrogen (secondary N) is 1. The van der Waals surface area contributed by atoms with E-state index >= 15 is 0 Å². The Labute approximate surface area is 75.9 Å². The maximum atomic E-state index is 9.39. The van der Waals surface area contributed by atoms with Gasteiger partial charge >= 0.3 is 0 Å². The lowest BCUT2D eigenvalue weighted by Crippen LogP contribution is -1.94. The van der Waals surface area contributed by atoms with Crippen LogP contribution < -0.4 is 4.74 Å². The molecule has 0 bridgehead atoms. The largest absolute Gasteiger partial charge is 0.507 e. The molecule has 0 atom stereocenters. The van der Waals surface area contributed by atoms with E-state index in [9.17, 15) is 10.2 Å². The van der Waals surface area contributed by atoms with Crippen molar-refractivity contribution in [2.75, 3.05) is 7.11 Å². The predicted molar refractivity (Wildman–Crippen MR) is 48.8 cm³/mol. The number of rotatable bonds is 2. The average Bonchev–Trinajstić information content (AvgIpc) is 2.02. The van der Waals surface area contributed by atoms with Gasteiger partial charge in [-0.15, -0.1) is 0 Å². The van der Waals surface area contributed by atoms with Gasteiger partial charge in [-0.25, -0.2) is 0 Å². The summed E-state index contributed by atoms with van der Waals surface area (Å²) in [7, 11) is 1.44. The second-order valence-corrected chi connectivity index (χ2v) is 2.67. The Bertz CT molecular complexity index is 324. The van der Waals surface area contributed by atoms with E-state index in [1.807, 2.05) is 0 Å². The fraction of sp³-hybridized carbons (Fsp3) is 0.222. The number of hydrogen-bond acceptors (Lipinski definition) is 4. The number of phenols is 2. The third-order valence-electron chi connectivity index (χ3n) is 1.68. The molecule has 0 aromatic heterocycles. The fourth-order valence-corrected chi connectivity index (χ4v) is 1.09. The second kappa shape index (κ2) is 3.35. The first kappa shape index (κ1) is 9.38. The first-order valence-electron chi connectivity index (χ1n) is 3.71. The lowest BCUT2D eigenvalue weighted by molar-refractivity contribution is 0.397. The van der Waals surface area contributed by atoms with Gasteiger partial charge in [0.1, 0.15) is 17.2 Å². The molecule has 1 aromatic carbocycles. The minimum absolute atomic E-state index is 0.109. The van der Waals surface area contributed by atoms with E-state index in [0.717, 1.165) is 0 Å². The first-order chi connectivity index (χ1) is 6.06. The number of methoxy groups -OCH3 is 1. The summed E-state index contributed by atoms with van der Waals surface area (Å²) in [6, 6.07) is 2.71. The van der Waals surface area contributed by atoms with Crippen LogP contribution in [0.2, 0.25) is 0 Å². The van der Waals surface area contributed by atoms with Crippen molar-refractivity contribution in [3.8, 4) is 17.2 Å². The van der Waals surface area contributed by atoms with Gasteiger partial charge in [-0.05, 0) is 6.92 Å². The van der Waals surface area contributed by atoms with Crippen LogP contribution in [-0.2, 0) is 0 Å². The van der Waals surface area contributed by atoms with Crippen LogP contribution in [0.5, 0.6) is 17.2 Å². The molecule has 0 heterocycles. The summed E-state index contributed by atoms with van der Waals surface area (Å²) < 4.78 is 4.82. The average molecular weight is 181 g/mol. The normalized spacial score (nSPS) is 9.69. The SMILES string of the molecule is COc1cc(O)c(C(C)=N)c(O)c1. The molecule has 70 valence electrons. The van der Waals surface area contributed by atoms with Crippen molar-refractivity contribution in [3.63, 3.8) is 0 Å². The van der Waals surface area contributed by atoms with E-state index in [-0.39, 0.29) is 22.8 Å². The minimum atomic E-state index is -0.149. The van der Waals surface area contributed by atoms with Crippen molar-refractivity contribution in [3.05, 3.63) is 17.7 Å². The molecular formula is C9H11NO3. The zero-order valence-electron chi connectivity index (χ0n) is 7.46. The highest BCUT2D eigenvalue weighted by Gasteiger charge is 2.11. The Hall–Kier alpha value is -1.71. The van der Waals surface area contributed by atoms with Gasteiger partial charge < -0.3 is 20.4 Å². The zero-order chi connectivity index (χ0) is 10.0. The van der Waals surface area contributed by atoms with Crippen LogP contribution in [0.25, 0.3) is 0 Å². The van der Waals surface area contributed by atoms with Crippen molar-refractivity contribution in [1.82, 2.24) is 0 Å². The highest BCUT2D eigenvalue weighted by Crippen LogP contribution is 2.32. The fourth-order valence-electron chi connectivity index (χ4n) is 1.09. The van der Waals surface area contributed by atoms with Gasteiger partial charge in [0.2, 0.25) is 0 Å². The summed E-state index contributed by atoms with van der Waals surface area (Å²) in [5.74, 6) is 0.0636. The van der Waals surface area contributed by atoms with Crippen molar-refractivity contribution in [1.29, 1.82) is 5.41 Å². The third kappa shape index (κ3) is 1.72. The second-order valence-electron chi connectivity index (χ2n) is 2.67. The van der Waals surface area contributed by atoms with Crippen LogP contribution in [0.3, 0.4) is 0 Å². The summed E-state index contributed by atoms with van der Waals surface area (Å²) in [5.41, 5.74) is 0.249. The van der Waals surface area contributed by atoms with E-state index in [1.165, 1.54) is 26.2 Å². The Morgan fingerprint density at radius 3 is 2.08 bits per heavy atom. The van der Waals surface area contributed by atoms with Crippen LogP contribution in [0.1, 0.15) is 12.5 Å². The molecule has 0 aliphatic rings. The molecule has 0 amide bonds. The maximum absolute atomic E-state index is 9.39. The molecular weight excluding hydrogens is 170 g/mol. The quantitative estimate of drug-likeness (QED) is 0.605. The third-order valence-corrected chi connectivity index (χ3v) is 1.68. The van der Waals surface area contributed by atoms with Gasteiger partial charge in [0.15, 0.2) is 0 Å². The summed E-state index contributed by atoms with van der Waals surface area (Å²) in [6.45, 7) is 1.49. The van der Waals surface area contributed by atoms with Crippen LogP contribution in [-0.4, -0.2) is 23.0 Å². The van der Waals surface area contributed by atoms with Gasteiger partial charge in [0.05, 0.1) is 12.7 Å². The lowest BCUT2D eigenvalue weighted by atomic mass is 10.1. The van der Waals surface area contributed by atoms with Crippen LogP contribution >= 0.6 is 0 Å². The molecule has 4 nitrogen and oxygen atoms in total. The Morgan fingerprint density at radius 2 is 1.77 bits per heavy atom. The molecule has 0 saturated carbocycles. The lowest BCUT2D eigenvalue weighted by Gasteiger charge is -2.07. The van der Waals surface area contributed by atoms with E-state index in [0.29, 0.717) is 5.75 Å². The molecule has 0 radical (unpaired) electrons. The van der Waals surface area contributed by atoms with Crippen LogP contribution in [0.15, 0.2) is 12.1 Å². The monoisotopic (exact) mass is 181 g/mol. The molecule has 0 fully saturated rings. The van der Waals surface area contributed by atoms with Crippen molar-refractivity contribution < 1.29 is 14.9 Å². The molecule has 4 heteroatoms. The van der Waals surface area contributed by atoms with Gasteiger partial charge in [-0.2, -0.15) is 0 Å². The summed E-state index contributed by atoms with van der Waals surface area (Å²) in [5, 5.41) is 26.1.